The fourth-order valence-electron chi connectivity index (χ4n) is 3.38. The molecule has 0 radical (unpaired) electrons. The highest BCUT2D eigenvalue weighted by molar-refractivity contribution is 6.03. The van der Waals surface area contributed by atoms with Gasteiger partial charge in [-0.1, -0.05) is 56.3 Å². The molecule has 3 aromatic rings. The van der Waals surface area contributed by atoms with Crippen LogP contribution in [0.5, 0.6) is 5.75 Å². The van der Waals surface area contributed by atoms with Crippen LogP contribution in [0.3, 0.4) is 0 Å². The van der Waals surface area contributed by atoms with Gasteiger partial charge in [0.15, 0.2) is 0 Å². The molecule has 2 heterocycles. The van der Waals surface area contributed by atoms with Crippen molar-refractivity contribution in [2.75, 3.05) is 22.9 Å². The van der Waals surface area contributed by atoms with Crippen LogP contribution in [0.2, 0.25) is 0 Å². The number of carbonyl (C=O) groups is 1. The molecule has 1 fully saturated rings. The maximum atomic E-state index is 13.1. The third-order valence-electron chi connectivity index (χ3n) is 5.15. The second-order valence-electron chi connectivity index (χ2n) is 8.51. The van der Waals surface area contributed by atoms with Crippen LogP contribution in [0.4, 0.5) is 16.4 Å². The number of benzene rings is 2. The standard InChI is InChI=1S/C24H27N3O3/c1-24(2,3)21-16-22(30-25-21)27-15-7-14-26(23(27)28)19-10-12-20(13-11-19)29-17-18-8-5-4-6-9-18/h4-6,8-13,16H,7,14-15,17H2,1-3H3. The third-order valence-corrected chi connectivity index (χ3v) is 5.15. The molecule has 0 unspecified atom stereocenters. The molecule has 0 bridgehead atoms. The summed E-state index contributed by atoms with van der Waals surface area (Å²) in [6.45, 7) is 8.01. The first-order valence-electron chi connectivity index (χ1n) is 10.2. The molecule has 156 valence electrons. The molecule has 1 aromatic heterocycles. The van der Waals surface area contributed by atoms with Gasteiger partial charge in [0.05, 0.1) is 5.69 Å². The summed E-state index contributed by atoms with van der Waals surface area (Å²) in [7, 11) is 0. The zero-order chi connectivity index (χ0) is 21.1. The number of rotatable bonds is 5. The molecule has 0 aliphatic carbocycles. The van der Waals surface area contributed by atoms with Crippen molar-refractivity contribution < 1.29 is 14.1 Å². The average Bonchev–Trinajstić information content (AvgIpc) is 3.24. The van der Waals surface area contributed by atoms with E-state index in [1.165, 1.54) is 0 Å². The van der Waals surface area contributed by atoms with E-state index in [-0.39, 0.29) is 11.4 Å². The van der Waals surface area contributed by atoms with Gasteiger partial charge in [-0.2, -0.15) is 0 Å². The summed E-state index contributed by atoms with van der Waals surface area (Å²) in [5.74, 6) is 1.27. The number of nitrogens with zero attached hydrogens (tertiary/aromatic N) is 3. The van der Waals surface area contributed by atoms with Crippen molar-refractivity contribution >= 4 is 17.6 Å². The molecular formula is C24H27N3O3. The second kappa shape index (κ2) is 8.22. The predicted molar refractivity (Wildman–Crippen MR) is 117 cm³/mol. The highest BCUT2D eigenvalue weighted by Gasteiger charge is 2.31. The third kappa shape index (κ3) is 4.32. The Bertz CT molecular complexity index is 991. The summed E-state index contributed by atoms with van der Waals surface area (Å²) in [5.41, 5.74) is 2.66. The molecular weight excluding hydrogens is 378 g/mol. The van der Waals surface area contributed by atoms with Crippen LogP contribution in [-0.4, -0.2) is 24.3 Å². The van der Waals surface area contributed by atoms with Crippen molar-refractivity contribution in [1.82, 2.24) is 5.16 Å². The van der Waals surface area contributed by atoms with E-state index in [0.29, 0.717) is 25.6 Å². The first kappa shape index (κ1) is 20.0. The largest absolute Gasteiger partial charge is 0.489 e. The summed E-state index contributed by atoms with van der Waals surface area (Å²) in [6, 6.07) is 19.4. The zero-order valence-corrected chi connectivity index (χ0v) is 17.7. The fraction of sp³-hybridized carbons (Fsp3) is 0.333. The number of carbonyl (C=O) groups excluding carboxylic acids is 1. The fourth-order valence-corrected chi connectivity index (χ4v) is 3.38. The van der Waals surface area contributed by atoms with E-state index in [1.807, 2.05) is 60.7 Å². The molecule has 0 spiro atoms. The molecule has 2 aromatic carbocycles. The van der Waals surface area contributed by atoms with Gasteiger partial charge in [-0.15, -0.1) is 0 Å². The van der Waals surface area contributed by atoms with Crippen LogP contribution in [-0.2, 0) is 12.0 Å². The Hall–Kier alpha value is -3.28. The summed E-state index contributed by atoms with van der Waals surface area (Å²) in [6.07, 6.45) is 0.851. The Morgan fingerprint density at radius 2 is 1.70 bits per heavy atom. The Morgan fingerprint density at radius 3 is 2.37 bits per heavy atom. The van der Waals surface area contributed by atoms with Crippen LogP contribution < -0.4 is 14.5 Å². The first-order valence-corrected chi connectivity index (χ1v) is 10.2. The van der Waals surface area contributed by atoms with Crippen molar-refractivity contribution in [3.05, 3.63) is 71.9 Å². The van der Waals surface area contributed by atoms with E-state index in [2.05, 4.69) is 25.9 Å². The molecule has 6 nitrogen and oxygen atoms in total. The monoisotopic (exact) mass is 405 g/mol. The minimum atomic E-state index is -0.129. The van der Waals surface area contributed by atoms with Gasteiger partial charge >= 0.3 is 6.03 Å². The Balaban J connectivity index is 1.44. The maximum Gasteiger partial charge on any atom is 0.331 e. The highest BCUT2D eigenvalue weighted by Crippen LogP contribution is 2.30. The summed E-state index contributed by atoms with van der Waals surface area (Å²) in [5, 5.41) is 4.15. The van der Waals surface area contributed by atoms with Gasteiger partial charge in [-0.25, -0.2) is 4.79 Å². The summed E-state index contributed by atoms with van der Waals surface area (Å²) in [4.78, 5) is 16.5. The number of amides is 2. The Morgan fingerprint density at radius 1 is 1.00 bits per heavy atom. The Kier molecular flexibility index (Phi) is 5.48. The van der Waals surface area contributed by atoms with Gasteiger partial charge in [0.1, 0.15) is 12.4 Å². The number of aromatic nitrogens is 1. The molecule has 1 saturated heterocycles. The first-order chi connectivity index (χ1) is 14.4. The number of urea groups is 1. The van der Waals surface area contributed by atoms with Gasteiger partial charge in [0, 0.05) is 30.3 Å². The van der Waals surface area contributed by atoms with Crippen molar-refractivity contribution in [1.29, 1.82) is 0 Å². The van der Waals surface area contributed by atoms with Crippen molar-refractivity contribution in [3.63, 3.8) is 0 Å². The molecule has 0 N–H and O–H groups in total. The van der Waals surface area contributed by atoms with E-state index in [1.54, 1.807) is 9.80 Å². The number of hydrogen-bond acceptors (Lipinski definition) is 4. The zero-order valence-electron chi connectivity index (χ0n) is 17.7. The maximum absolute atomic E-state index is 13.1. The number of anilines is 2. The summed E-state index contributed by atoms with van der Waals surface area (Å²) >= 11 is 0. The lowest BCUT2D eigenvalue weighted by Crippen LogP contribution is -2.49. The molecule has 2 amide bonds. The lowest BCUT2D eigenvalue weighted by atomic mass is 9.92. The normalized spacial score (nSPS) is 14.8. The van der Waals surface area contributed by atoms with Gasteiger partial charge in [-0.05, 0) is 36.2 Å². The topological polar surface area (TPSA) is 58.8 Å². The molecule has 0 atom stereocenters. The number of ether oxygens (including phenoxy) is 1. The van der Waals surface area contributed by atoms with E-state index in [4.69, 9.17) is 9.26 Å². The van der Waals surface area contributed by atoms with Crippen molar-refractivity contribution in [3.8, 4) is 5.75 Å². The summed E-state index contributed by atoms with van der Waals surface area (Å²) < 4.78 is 11.3. The highest BCUT2D eigenvalue weighted by atomic mass is 16.5. The van der Waals surface area contributed by atoms with Crippen LogP contribution in [0, 0.1) is 0 Å². The van der Waals surface area contributed by atoms with Gasteiger partial charge in [0.25, 0.3) is 0 Å². The van der Waals surface area contributed by atoms with Gasteiger partial charge < -0.3 is 9.26 Å². The average molecular weight is 405 g/mol. The lowest BCUT2D eigenvalue weighted by Gasteiger charge is -2.33. The molecule has 1 aliphatic heterocycles. The van der Waals surface area contributed by atoms with Crippen molar-refractivity contribution in [2.24, 2.45) is 0 Å². The van der Waals surface area contributed by atoms with Gasteiger partial charge in [0.2, 0.25) is 5.88 Å². The molecule has 4 rings (SSSR count). The second-order valence-corrected chi connectivity index (χ2v) is 8.51. The predicted octanol–water partition coefficient (Wildman–Crippen LogP) is 5.39. The smallest absolute Gasteiger partial charge is 0.331 e. The minimum Gasteiger partial charge on any atom is -0.489 e. The van der Waals surface area contributed by atoms with Crippen LogP contribution >= 0.6 is 0 Å². The molecule has 1 aliphatic rings. The molecule has 30 heavy (non-hydrogen) atoms. The van der Waals surface area contributed by atoms with Crippen LogP contribution in [0.15, 0.2) is 65.2 Å². The number of hydrogen-bond donors (Lipinski definition) is 0. The van der Waals surface area contributed by atoms with E-state index < -0.39 is 0 Å². The SMILES string of the molecule is CC(C)(C)c1cc(N2CCCN(c3ccc(OCc4ccccc4)cc3)C2=O)on1. The molecule has 6 heteroatoms. The quantitative estimate of drug-likeness (QED) is 0.571. The van der Waals surface area contributed by atoms with E-state index in [9.17, 15) is 4.79 Å². The molecule has 0 saturated carbocycles. The minimum absolute atomic E-state index is 0.101. The van der Waals surface area contributed by atoms with Crippen molar-refractivity contribution in [2.45, 2.75) is 39.2 Å². The van der Waals surface area contributed by atoms with Crippen LogP contribution in [0.25, 0.3) is 0 Å². The van der Waals surface area contributed by atoms with Crippen LogP contribution in [0.1, 0.15) is 38.4 Å². The lowest BCUT2D eigenvalue weighted by molar-refractivity contribution is 0.246. The van der Waals surface area contributed by atoms with E-state index >= 15 is 0 Å². The van der Waals surface area contributed by atoms with E-state index in [0.717, 1.165) is 29.1 Å². The Labute approximate surface area is 177 Å². The van der Waals surface area contributed by atoms with Gasteiger partial charge in [-0.3, -0.25) is 9.80 Å².